The van der Waals surface area contributed by atoms with E-state index in [1.807, 2.05) is 0 Å². The van der Waals surface area contributed by atoms with E-state index < -0.39 is 33.9 Å². The Morgan fingerprint density at radius 1 is 1.07 bits per heavy atom. The van der Waals surface area contributed by atoms with Crippen LogP contribution in [0.2, 0.25) is 0 Å². The van der Waals surface area contributed by atoms with Crippen LogP contribution in [0.3, 0.4) is 0 Å². The molecule has 2 aromatic carbocycles. The molecule has 2 heterocycles. The van der Waals surface area contributed by atoms with Gasteiger partial charge in [-0.25, -0.2) is 8.42 Å². The van der Waals surface area contributed by atoms with Crippen molar-refractivity contribution in [3.05, 3.63) is 60.2 Å². The fourth-order valence-electron chi connectivity index (χ4n) is 3.41. The fourth-order valence-corrected chi connectivity index (χ4v) is 7.32. The van der Waals surface area contributed by atoms with Crippen molar-refractivity contribution in [3.8, 4) is 5.75 Å². The van der Waals surface area contributed by atoms with Gasteiger partial charge in [0.1, 0.15) is 5.75 Å². The molecule has 2 fully saturated rings. The third kappa shape index (κ3) is 4.46. The Hall–Kier alpha value is -2.53. The second kappa shape index (κ2) is 7.62. The molecule has 4 rings (SSSR count). The fraction of sp³-hybridized carbons (Fsp3) is 0.263. The van der Waals surface area contributed by atoms with Crippen molar-refractivity contribution in [1.82, 2.24) is 0 Å². The SMILES string of the molecule is O=C(N=C1S[C@@H]2CS(=O)(=O)C[C@H]2N1c1ccc(OC(F)(F)F)cc1)c1ccccc1. The highest BCUT2D eigenvalue weighted by Gasteiger charge is 2.49. The first-order valence-corrected chi connectivity index (χ1v) is 11.5. The van der Waals surface area contributed by atoms with Gasteiger partial charge in [0, 0.05) is 16.5 Å². The summed E-state index contributed by atoms with van der Waals surface area (Å²) in [4.78, 5) is 18.3. The minimum Gasteiger partial charge on any atom is -0.406 e. The number of alkyl halides is 3. The molecule has 11 heteroatoms. The number of hydrogen-bond acceptors (Lipinski definition) is 5. The van der Waals surface area contributed by atoms with Crippen LogP contribution in [0, 0.1) is 0 Å². The van der Waals surface area contributed by atoms with E-state index in [1.165, 1.54) is 23.9 Å². The minimum atomic E-state index is -4.82. The van der Waals surface area contributed by atoms with Gasteiger partial charge in [-0.1, -0.05) is 30.0 Å². The van der Waals surface area contributed by atoms with Crippen LogP contribution in [-0.4, -0.2) is 48.7 Å². The van der Waals surface area contributed by atoms with Crippen LogP contribution in [-0.2, 0) is 9.84 Å². The molecule has 0 radical (unpaired) electrons. The first-order valence-electron chi connectivity index (χ1n) is 8.81. The lowest BCUT2D eigenvalue weighted by molar-refractivity contribution is -0.274. The molecule has 0 bridgehead atoms. The number of benzene rings is 2. The van der Waals surface area contributed by atoms with Crippen molar-refractivity contribution in [1.29, 1.82) is 0 Å². The van der Waals surface area contributed by atoms with Gasteiger partial charge < -0.3 is 9.64 Å². The molecule has 1 amide bonds. The topological polar surface area (TPSA) is 76.0 Å². The van der Waals surface area contributed by atoms with Crippen LogP contribution in [0.4, 0.5) is 18.9 Å². The standard InChI is InChI=1S/C19H15F3N2O4S2/c20-19(21,22)28-14-8-6-13(7-9-14)24-15-10-30(26,27)11-16(15)29-18(24)23-17(25)12-4-2-1-3-5-12/h1-9,15-16H,10-11H2/t15-,16-/m1/s1. The average molecular weight is 456 g/mol. The number of amides is 1. The number of ether oxygens (including phenoxy) is 1. The zero-order chi connectivity index (χ0) is 21.5. The molecule has 0 aromatic heterocycles. The van der Waals surface area contributed by atoms with Gasteiger partial charge >= 0.3 is 6.36 Å². The van der Waals surface area contributed by atoms with E-state index in [2.05, 4.69) is 9.73 Å². The Kier molecular flexibility index (Phi) is 5.27. The molecule has 2 aromatic rings. The summed E-state index contributed by atoms with van der Waals surface area (Å²) in [5.41, 5.74) is 0.811. The van der Waals surface area contributed by atoms with Gasteiger partial charge in [0.15, 0.2) is 15.0 Å². The Balaban J connectivity index is 1.67. The number of carbonyl (C=O) groups is 1. The summed E-state index contributed by atoms with van der Waals surface area (Å²) < 4.78 is 65.3. The van der Waals surface area contributed by atoms with Crippen molar-refractivity contribution < 1.29 is 31.1 Å². The van der Waals surface area contributed by atoms with Crippen molar-refractivity contribution >= 4 is 38.4 Å². The summed E-state index contributed by atoms with van der Waals surface area (Å²) >= 11 is 1.19. The van der Waals surface area contributed by atoms with Crippen molar-refractivity contribution in [2.24, 2.45) is 4.99 Å². The largest absolute Gasteiger partial charge is 0.573 e. The highest BCUT2D eigenvalue weighted by Crippen LogP contribution is 2.41. The molecule has 2 atom stereocenters. The number of halogens is 3. The van der Waals surface area contributed by atoms with Gasteiger partial charge in [-0.05, 0) is 36.4 Å². The Labute approximate surface area is 174 Å². The van der Waals surface area contributed by atoms with E-state index in [0.717, 1.165) is 12.1 Å². The molecule has 0 unspecified atom stereocenters. The lowest BCUT2D eigenvalue weighted by Crippen LogP contribution is -2.37. The quantitative estimate of drug-likeness (QED) is 0.704. The molecule has 158 valence electrons. The van der Waals surface area contributed by atoms with Gasteiger partial charge in [-0.3, -0.25) is 4.79 Å². The summed E-state index contributed by atoms with van der Waals surface area (Å²) in [6.07, 6.45) is -4.82. The van der Waals surface area contributed by atoms with Gasteiger partial charge in [-0.15, -0.1) is 13.2 Å². The molecule has 2 aliphatic heterocycles. The predicted molar refractivity (Wildman–Crippen MR) is 108 cm³/mol. The number of fused-ring (bicyclic) bond motifs is 1. The van der Waals surface area contributed by atoms with Crippen LogP contribution in [0.25, 0.3) is 0 Å². The normalized spacial score (nSPS) is 24.1. The summed E-state index contributed by atoms with van der Waals surface area (Å²) in [5.74, 6) is -1.05. The smallest absolute Gasteiger partial charge is 0.406 e. The van der Waals surface area contributed by atoms with Gasteiger partial charge in [-0.2, -0.15) is 4.99 Å². The zero-order valence-corrected chi connectivity index (χ0v) is 16.9. The summed E-state index contributed by atoms with van der Waals surface area (Å²) in [6, 6.07) is 13.0. The molecule has 0 N–H and O–H groups in total. The number of rotatable bonds is 3. The second-order valence-corrected chi connectivity index (χ2v) is 10.1. The van der Waals surface area contributed by atoms with Gasteiger partial charge in [0.25, 0.3) is 5.91 Å². The monoisotopic (exact) mass is 456 g/mol. The number of nitrogens with zero attached hydrogens (tertiary/aromatic N) is 2. The number of thioether (sulfide) groups is 1. The average Bonchev–Trinajstić information content (AvgIpc) is 3.13. The van der Waals surface area contributed by atoms with Crippen LogP contribution in [0.1, 0.15) is 10.4 Å². The van der Waals surface area contributed by atoms with Crippen molar-refractivity contribution in [3.63, 3.8) is 0 Å². The van der Waals surface area contributed by atoms with E-state index in [9.17, 15) is 26.4 Å². The number of anilines is 1. The molecule has 2 saturated heterocycles. The molecule has 2 aliphatic rings. The highest BCUT2D eigenvalue weighted by molar-refractivity contribution is 8.16. The predicted octanol–water partition coefficient (Wildman–Crippen LogP) is 3.50. The molecule has 6 nitrogen and oxygen atoms in total. The second-order valence-electron chi connectivity index (χ2n) is 6.78. The van der Waals surface area contributed by atoms with E-state index in [1.54, 1.807) is 35.2 Å². The molecule has 30 heavy (non-hydrogen) atoms. The maximum Gasteiger partial charge on any atom is 0.573 e. The van der Waals surface area contributed by atoms with E-state index >= 15 is 0 Å². The van der Waals surface area contributed by atoms with Gasteiger partial charge in [0.05, 0.1) is 17.5 Å². The van der Waals surface area contributed by atoms with Gasteiger partial charge in [0.2, 0.25) is 0 Å². The maximum absolute atomic E-state index is 12.5. The number of hydrogen-bond donors (Lipinski definition) is 0. The van der Waals surface area contributed by atoms with E-state index in [-0.39, 0.29) is 16.8 Å². The number of sulfone groups is 1. The van der Waals surface area contributed by atoms with E-state index in [0.29, 0.717) is 16.4 Å². The Morgan fingerprint density at radius 3 is 2.37 bits per heavy atom. The number of amidine groups is 1. The molecule has 0 spiro atoms. The van der Waals surface area contributed by atoms with Crippen LogP contribution in [0.5, 0.6) is 5.75 Å². The molecule has 0 aliphatic carbocycles. The number of aliphatic imine (C=N–C) groups is 1. The molecular formula is C19H15F3N2O4S2. The third-order valence-corrected chi connectivity index (χ3v) is 7.84. The van der Waals surface area contributed by atoms with Crippen LogP contribution >= 0.6 is 11.8 Å². The lowest BCUT2D eigenvalue weighted by Gasteiger charge is -2.24. The van der Waals surface area contributed by atoms with Crippen LogP contribution < -0.4 is 9.64 Å². The maximum atomic E-state index is 12.5. The summed E-state index contributed by atoms with van der Waals surface area (Å²) in [7, 11) is -3.26. The third-order valence-electron chi connectivity index (χ3n) is 4.63. The van der Waals surface area contributed by atoms with Crippen LogP contribution in [0.15, 0.2) is 59.6 Å². The summed E-state index contributed by atoms with van der Waals surface area (Å²) in [5, 5.41) is 0.00154. The highest BCUT2D eigenvalue weighted by atomic mass is 32.2. The van der Waals surface area contributed by atoms with Crippen molar-refractivity contribution in [2.45, 2.75) is 17.7 Å². The molecular weight excluding hydrogens is 441 g/mol. The zero-order valence-electron chi connectivity index (χ0n) is 15.2. The van der Waals surface area contributed by atoms with E-state index in [4.69, 9.17) is 0 Å². The Morgan fingerprint density at radius 2 is 1.73 bits per heavy atom. The summed E-state index contributed by atoms with van der Waals surface area (Å²) in [6.45, 7) is 0. The van der Waals surface area contributed by atoms with Crippen molar-refractivity contribution in [2.75, 3.05) is 16.4 Å². The first kappa shape index (κ1) is 20.7. The number of carbonyl (C=O) groups excluding carboxylic acids is 1. The first-order chi connectivity index (χ1) is 14.1. The minimum absolute atomic E-state index is 0.0490. The Bertz CT molecular complexity index is 1090. The lowest BCUT2D eigenvalue weighted by atomic mass is 10.2. The molecule has 0 saturated carbocycles.